The standard InChI is InChI=1S/C18H17N5O4/c1-26-13-7-8-16(27-2)14(9-13)15(24)10-23-21-18(20-22-23)12-5-3-11(4-6-12)17(19)25/h3-9H,10H2,1-2H3,(H2,19,25). The van der Waals surface area contributed by atoms with E-state index in [0.29, 0.717) is 34.0 Å². The summed E-state index contributed by atoms with van der Waals surface area (Å²) in [5.41, 5.74) is 6.61. The molecule has 0 atom stereocenters. The molecule has 0 saturated heterocycles. The van der Waals surface area contributed by atoms with E-state index in [4.69, 9.17) is 15.2 Å². The van der Waals surface area contributed by atoms with Gasteiger partial charge < -0.3 is 15.2 Å². The smallest absolute Gasteiger partial charge is 0.248 e. The van der Waals surface area contributed by atoms with Crippen LogP contribution in [0.3, 0.4) is 0 Å². The van der Waals surface area contributed by atoms with E-state index in [0.717, 1.165) is 0 Å². The predicted octanol–water partition coefficient (Wildman–Crippen LogP) is 1.34. The Kier molecular flexibility index (Phi) is 5.11. The maximum absolute atomic E-state index is 12.6. The van der Waals surface area contributed by atoms with Gasteiger partial charge in [0.2, 0.25) is 11.7 Å². The lowest BCUT2D eigenvalue weighted by molar-refractivity contribution is 0.0956. The van der Waals surface area contributed by atoms with Crippen molar-refractivity contribution in [3.8, 4) is 22.9 Å². The number of carbonyl (C=O) groups excluding carboxylic acids is 2. The lowest BCUT2D eigenvalue weighted by atomic mass is 10.1. The fourth-order valence-corrected chi connectivity index (χ4v) is 2.45. The molecule has 0 unspecified atom stereocenters. The topological polar surface area (TPSA) is 122 Å². The first-order valence-electron chi connectivity index (χ1n) is 7.95. The Labute approximate surface area is 154 Å². The second-order valence-corrected chi connectivity index (χ2v) is 5.57. The number of primary amides is 1. The Morgan fingerprint density at radius 1 is 1.07 bits per heavy atom. The number of hydrogen-bond donors (Lipinski definition) is 1. The molecule has 3 aromatic rings. The summed E-state index contributed by atoms with van der Waals surface area (Å²) >= 11 is 0. The molecule has 1 aromatic heterocycles. The maximum atomic E-state index is 12.6. The monoisotopic (exact) mass is 367 g/mol. The molecule has 0 spiro atoms. The number of ether oxygens (including phenoxy) is 2. The molecule has 27 heavy (non-hydrogen) atoms. The summed E-state index contributed by atoms with van der Waals surface area (Å²) in [6.45, 7) is -0.115. The average Bonchev–Trinajstić information content (AvgIpc) is 3.15. The van der Waals surface area contributed by atoms with E-state index in [-0.39, 0.29) is 12.3 Å². The van der Waals surface area contributed by atoms with E-state index in [9.17, 15) is 9.59 Å². The number of carbonyl (C=O) groups is 2. The number of nitrogens with zero attached hydrogens (tertiary/aromatic N) is 4. The molecule has 0 fully saturated rings. The first-order valence-corrected chi connectivity index (χ1v) is 7.95. The minimum Gasteiger partial charge on any atom is -0.497 e. The summed E-state index contributed by atoms with van der Waals surface area (Å²) in [6, 6.07) is 11.4. The molecule has 138 valence electrons. The summed E-state index contributed by atoms with van der Waals surface area (Å²) in [4.78, 5) is 24.9. The zero-order valence-corrected chi connectivity index (χ0v) is 14.7. The van der Waals surface area contributed by atoms with Crippen LogP contribution in [0.5, 0.6) is 11.5 Å². The molecular formula is C18H17N5O4. The van der Waals surface area contributed by atoms with Crippen LogP contribution in [0.25, 0.3) is 11.4 Å². The van der Waals surface area contributed by atoms with Gasteiger partial charge in [0.15, 0.2) is 5.78 Å². The van der Waals surface area contributed by atoms with Crippen LogP contribution < -0.4 is 15.2 Å². The minimum absolute atomic E-state index is 0.115. The predicted molar refractivity (Wildman–Crippen MR) is 95.6 cm³/mol. The van der Waals surface area contributed by atoms with Crippen molar-refractivity contribution in [2.45, 2.75) is 6.54 Å². The maximum Gasteiger partial charge on any atom is 0.248 e. The Balaban J connectivity index is 1.79. The van der Waals surface area contributed by atoms with E-state index in [1.54, 1.807) is 42.5 Å². The number of hydrogen-bond acceptors (Lipinski definition) is 7. The lowest BCUT2D eigenvalue weighted by Gasteiger charge is -2.09. The number of benzene rings is 2. The highest BCUT2D eigenvalue weighted by Crippen LogP contribution is 2.24. The third-order valence-corrected chi connectivity index (χ3v) is 3.87. The van der Waals surface area contributed by atoms with Gasteiger partial charge in [-0.1, -0.05) is 12.1 Å². The van der Waals surface area contributed by atoms with Gasteiger partial charge in [-0.25, -0.2) is 0 Å². The molecule has 2 N–H and O–H groups in total. The number of aromatic nitrogens is 4. The number of amides is 1. The van der Waals surface area contributed by atoms with Crippen LogP contribution in [0.1, 0.15) is 20.7 Å². The largest absolute Gasteiger partial charge is 0.497 e. The van der Waals surface area contributed by atoms with Crippen molar-refractivity contribution in [3.63, 3.8) is 0 Å². The second kappa shape index (κ2) is 7.65. The molecule has 0 aliphatic carbocycles. The van der Waals surface area contributed by atoms with Crippen LogP contribution in [0.2, 0.25) is 0 Å². The number of ketones is 1. The molecule has 2 aromatic carbocycles. The number of nitrogens with two attached hydrogens (primary N) is 1. The fraction of sp³-hybridized carbons (Fsp3) is 0.167. The summed E-state index contributed by atoms with van der Waals surface area (Å²) in [5, 5.41) is 12.1. The van der Waals surface area contributed by atoms with Gasteiger partial charge in [0.25, 0.3) is 0 Å². The van der Waals surface area contributed by atoms with E-state index in [1.165, 1.54) is 19.0 Å². The van der Waals surface area contributed by atoms with Gasteiger partial charge in [-0.15, -0.1) is 10.2 Å². The summed E-state index contributed by atoms with van der Waals surface area (Å²) in [7, 11) is 3.00. The molecule has 9 heteroatoms. The SMILES string of the molecule is COc1ccc(OC)c(C(=O)Cn2nnc(-c3ccc(C(N)=O)cc3)n2)c1. The fourth-order valence-electron chi connectivity index (χ4n) is 2.45. The number of tetrazole rings is 1. The van der Waals surface area contributed by atoms with Crippen LogP contribution in [0.15, 0.2) is 42.5 Å². The van der Waals surface area contributed by atoms with E-state index in [2.05, 4.69) is 15.4 Å². The molecule has 0 bridgehead atoms. The van der Waals surface area contributed by atoms with Crippen molar-refractivity contribution in [3.05, 3.63) is 53.6 Å². The highest BCUT2D eigenvalue weighted by molar-refractivity contribution is 5.98. The van der Waals surface area contributed by atoms with Gasteiger partial charge in [-0.3, -0.25) is 9.59 Å². The summed E-state index contributed by atoms with van der Waals surface area (Å²) in [6.07, 6.45) is 0. The van der Waals surface area contributed by atoms with Crippen molar-refractivity contribution < 1.29 is 19.1 Å². The Morgan fingerprint density at radius 3 is 2.44 bits per heavy atom. The van der Waals surface area contributed by atoms with Crippen molar-refractivity contribution in [1.29, 1.82) is 0 Å². The molecular weight excluding hydrogens is 350 g/mol. The van der Waals surface area contributed by atoms with Crippen LogP contribution in [0.4, 0.5) is 0 Å². The van der Waals surface area contributed by atoms with Gasteiger partial charge >= 0.3 is 0 Å². The molecule has 3 rings (SSSR count). The third-order valence-electron chi connectivity index (χ3n) is 3.87. The van der Waals surface area contributed by atoms with E-state index in [1.807, 2.05) is 0 Å². The minimum atomic E-state index is -0.518. The zero-order chi connectivity index (χ0) is 19.4. The Hall–Kier alpha value is -3.75. The third kappa shape index (κ3) is 3.92. The number of methoxy groups -OCH3 is 2. The normalized spacial score (nSPS) is 10.4. The number of rotatable bonds is 7. The van der Waals surface area contributed by atoms with Crippen LogP contribution >= 0.6 is 0 Å². The van der Waals surface area contributed by atoms with Gasteiger partial charge in [0.1, 0.15) is 18.0 Å². The van der Waals surface area contributed by atoms with Crippen LogP contribution in [0, 0.1) is 0 Å². The van der Waals surface area contributed by atoms with Crippen molar-refractivity contribution in [2.75, 3.05) is 14.2 Å². The quantitative estimate of drug-likeness (QED) is 0.625. The molecule has 0 saturated carbocycles. The first-order chi connectivity index (χ1) is 13.0. The molecule has 0 aliphatic heterocycles. The van der Waals surface area contributed by atoms with E-state index >= 15 is 0 Å². The van der Waals surface area contributed by atoms with Gasteiger partial charge in [-0.2, -0.15) is 4.80 Å². The zero-order valence-electron chi connectivity index (χ0n) is 14.7. The molecule has 1 heterocycles. The van der Waals surface area contributed by atoms with Crippen molar-refractivity contribution in [2.24, 2.45) is 5.73 Å². The van der Waals surface area contributed by atoms with Crippen LogP contribution in [-0.2, 0) is 6.54 Å². The van der Waals surface area contributed by atoms with Crippen molar-refractivity contribution >= 4 is 11.7 Å². The van der Waals surface area contributed by atoms with Gasteiger partial charge in [0, 0.05) is 11.1 Å². The summed E-state index contributed by atoms with van der Waals surface area (Å²) in [5.74, 6) is 0.537. The molecule has 9 nitrogen and oxygen atoms in total. The highest BCUT2D eigenvalue weighted by Gasteiger charge is 2.16. The first kappa shape index (κ1) is 18.1. The highest BCUT2D eigenvalue weighted by atomic mass is 16.5. The van der Waals surface area contributed by atoms with Gasteiger partial charge in [0.05, 0.1) is 19.8 Å². The molecule has 0 aliphatic rings. The lowest BCUT2D eigenvalue weighted by Crippen LogP contribution is -2.14. The Morgan fingerprint density at radius 2 is 1.81 bits per heavy atom. The van der Waals surface area contributed by atoms with Crippen LogP contribution in [-0.4, -0.2) is 46.1 Å². The Bertz CT molecular complexity index is 982. The van der Waals surface area contributed by atoms with Crippen molar-refractivity contribution in [1.82, 2.24) is 20.2 Å². The number of Topliss-reactive ketones (excluding diaryl/α,β-unsaturated/α-hetero) is 1. The summed E-state index contributed by atoms with van der Waals surface area (Å²) < 4.78 is 10.4. The second-order valence-electron chi connectivity index (χ2n) is 5.57. The average molecular weight is 367 g/mol. The molecule has 1 amide bonds. The van der Waals surface area contributed by atoms with Gasteiger partial charge in [-0.05, 0) is 35.5 Å². The van der Waals surface area contributed by atoms with E-state index < -0.39 is 5.91 Å². The molecule has 0 radical (unpaired) electrons.